The van der Waals surface area contributed by atoms with E-state index in [9.17, 15) is 4.79 Å². The SMILES string of the molecule is CCc1cccc(NC(=NC[C@H]2CCCO2)NC(=O)c2ccc(C)cc2)c1. The molecule has 1 saturated heterocycles. The number of rotatable bonds is 5. The lowest BCUT2D eigenvalue weighted by atomic mass is 10.1. The molecule has 1 aliphatic rings. The van der Waals surface area contributed by atoms with Crippen LogP contribution in [0.5, 0.6) is 0 Å². The Kier molecular flexibility index (Phi) is 6.60. The van der Waals surface area contributed by atoms with Gasteiger partial charge in [0.2, 0.25) is 5.96 Å². The van der Waals surface area contributed by atoms with Gasteiger partial charge in [-0.15, -0.1) is 0 Å². The van der Waals surface area contributed by atoms with Gasteiger partial charge in [-0.25, -0.2) is 4.99 Å². The van der Waals surface area contributed by atoms with E-state index < -0.39 is 0 Å². The number of amides is 1. The number of aryl methyl sites for hydroxylation is 2. The molecule has 2 aromatic rings. The third kappa shape index (κ3) is 5.66. The maximum absolute atomic E-state index is 12.6. The van der Waals surface area contributed by atoms with Gasteiger partial charge in [-0.05, 0) is 56.0 Å². The second kappa shape index (κ2) is 9.33. The van der Waals surface area contributed by atoms with Crippen LogP contribution in [0.25, 0.3) is 0 Å². The van der Waals surface area contributed by atoms with Crippen molar-refractivity contribution in [3.63, 3.8) is 0 Å². The predicted octanol–water partition coefficient (Wildman–Crippen LogP) is 3.93. The van der Waals surface area contributed by atoms with Gasteiger partial charge in [0.25, 0.3) is 5.91 Å². The van der Waals surface area contributed by atoms with Gasteiger partial charge in [-0.3, -0.25) is 10.1 Å². The summed E-state index contributed by atoms with van der Waals surface area (Å²) in [4.78, 5) is 17.2. The maximum atomic E-state index is 12.6. The molecule has 1 atom stereocenters. The molecule has 0 spiro atoms. The van der Waals surface area contributed by atoms with E-state index >= 15 is 0 Å². The van der Waals surface area contributed by atoms with Crippen LogP contribution in [-0.2, 0) is 11.2 Å². The van der Waals surface area contributed by atoms with E-state index in [-0.39, 0.29) is 12.0 Å². The van der Waals surface area contributed by atoms with Gasteiger partial charge in [0, 0.05) is 17.9 Å². The van der Waals surface area contributed by atoms with E-state index in [2.05, 4.69) is 34.7 Å². The molecule has 5 heteroatoms. The second-order valence-corrected chi connectivity index (χ2v) is 6.82. The number of carbonyl (C=O) groups is 1. The molecular weight excluding hydrogens is 338 g/mol. The van der Waals surface area contributed by atoms with E-state index in [0.29, 0.717) is 18.1 Å². The minimum absolute atomic E-state index is 0.125. The Hall–Kier alpha value is -2.66. The first-order valence-electron chi connectivity index (χ1n) is 9.54. The molecule has 0 saturated carbocycles. The van der Waals surface area contributed by atoms with Crippen LogP contribution in [0.15, 0.2) is 53.5 Å². The lowest BCUT2D eigenvalue weighted by Crippen LogP contribution is -2.36. The summed E-state index contributed by atoms with van der Waals surface area (Å²) >= 11 is 0. The lowest BCUT2D eigenvalue weighted by molar-refractivity contribution is 0.0975. The zero-order valence-electron chi connectivity index (χ0n) is 16.0. The highest BCUT2D eigenvalue weighted by Crippen LogP contribution is 2.14. The number of guanidine groups is 1. The van der Waals surface area contributed by atoms with Gasteiger partial charge >= 0.3 is 0 Å². The van der Waals surface area contributed by atoms with Crippen molar-refractivity contribution >= 4 is 17.6 Å². The van der Waals surface area contributed by atoms with Gasteiger partial charge in [0.1, 0.15) is 0 Å². The summed E-state index contributed by atoms with van der Waals surface area (Å²) < 4.78 is 5.65. The van der Waals surface area contributed by atoms with Crippen molar-refractivity contribution in [3.8, 4) is 0 Å². The Labute approximate surface area is 160 Å². The highest BCUT2D eigenvalue weighted by molar-refractivity contribution is 6.10. The molecule has 0 bridgehead atoms. The summed E-state index contributed by atoms with van der Waals surface area (Å²) in [6.07, 6.45) is 3.15. The van der Waals surface area contributed by atoms with E-state index in [0.717, 1.165) is 37.1 Å². The highest BCUT2D eigenvalue weighted by Gasteiger charge is 2.16. The average Bonchev–Trinajstić information content (AvgIpc) is 3.20. The first-order valence-corrected chi connectivity index (χ1v) is 9.54. The fourth-order valence-corrected chi connectivity index (χ4v) is 2.98. The molecule has 1 amide bonds. The Bertz CT molecular complexity index is 793. The lowest BCUT2D eigenvalue weighted by Gasteiger charge is -2.14. The van der Waals surface area contributed by atoms with Crippen LogP contribution in [0.1, 0.15) is 41.3 Å². The Morgan fingerprint density at radius 2 is 2.04 bits per heavy atom. The highest BCUT2D eigenvalue weighted by atomic mass is 16.5. The van der Waals surface area contributed by atoms with Crippen LogP contribution in [0.3, 0.4) is 0 Å². The van der Waals surface area contributed by atoms with Gasteiger partial charge in [-0.2, -0.15) is 0 Å². The van der Waals surface area contributed by atoms with Crippen molar-refractivity contribution in [2.45, 2.75) is 39.2 Å². The maximum Gasteiger partial charge on any atom is 0.257 e. The predicted molar refractivity (Wildman–Crippen MR) is 109 cm³/mol. The second-order valence-electron chi connectivity index (χ2n) is 6.82. The standard InChI is InChI=1S/C22H27N3O2/c1-3-17-6-4-7-19(14-17)24-22(23-15-20-8-5-13-27-20)25-21(26)18-11-9-16(2)10-12-18/h4,6-7,9-12,14,20H,3,5,8,13,15H2,1-2H3,(H2,23,24,25,26)/t20-/m1/s1. The summed E-state index contributed by atoms with van der Waals surface area (Å²) in [6.45, 7) is 5.43. The Morgan fingerprint density at radius 3 is 2.74 bits per heavy atom. The number of ether oxygens (including phenoxy) is 1. The summed E-state index contributed by atoms with van der Waals surface area (Å²) in [5.74, 6) is 0.268. The number of nitrogens with zero attached hydrogens (tertiary/aromatic N) is 1. The van der Waals surface area contributed by atoms with Crippen LogP contribution < -0.4 is 10.6 Å². The van der Waals surface area contributed by atoms with Crippen LogP contribution in [0.2, 0.25) is 0 Å². The number of nitrogens with one attached hydrogen (secondary N) is 2. The van der Waals surface area contributed by atoms with Crippen molar-refractivity contribution in [3.05, 3.63) is 65.2 Å². The molecule has 0 aliphatic carbocycles. The van der Waals surface area contributed by atoms with Crippen LogP contribution in [-0.4, -0.2) is 31.1 Å². The molecule has 27 heavy (non-hydrogen) atoms. The number of anilines is 1. The van der Waals surface area contributed by atoms with Crippen molar-refractivity contribution in [2.75, 3.05) is 18.5 Å². The topological polar surface area (TPSA) is 62.7 Å². The number of aliphatic imine (C=N–C) groups is 1. The molecule has 1 aliphatic heterocycles. The molecule has 0 radical (unpaired) electrons. The zero-order valence-corrected chi connectivity index (χ0v) is 16.0. The molecule has 142 valence electrons. The van der Waals surface area contributed by atoms with Crippen LogP contribution in [0, 0.1) is 6.92 Å². The molecule has 3 rings (SSSR count). The van der Waals surface area contributed by atoms with Crippen LogP contribution >= 0.6 is 0 Å². The van der Waals surface area contributed by atoms with Gasteiger partial charge < -0.3 is 10.1 Å². The fourth-order valence-electron chi connectivity index (χ4n) is 2.98. The molecule has 0 unspecified atom stereocenters. The summed E-state index contributed by atoms with van der Waals surface area (Å²) in [6, 6.07) is 15.6. The minimum Gasteiger partial charge on any atom is -0.376 e. The number of hydrogen-bond donors (Lipinski definition) is 2. The van der Waals surface area contributed by atoms with E-state index in [1.165, 1.54) is 5.56 Å². The molecular formula is C22H27N3O2. The van der Waals surface area contributed by atoms with Crippen LogP contribution in [0.4, 0.5) is 5.69 Å². The first-order chi connectivity index (χ1) is 13.1. The molecule has 2 aromatic carbocycles. The largest absolute Gasteiger partial charge is 0.376 e. The summed E-state index contributed by atoms with van der Waals surface area (Å²) in [5.41, 5.74) is 3.86. The smallest absolute Gasteiger partial charge is 0.257 e. The van der Waals surface area contributed by atoms with Gasteiger partial charge in [0.05, 0.1) is 12.6 Å². The molecule has 5 nitrogen and oxygen atoms in total. The fraction of sp³-hybridized carbons (Fsp3) is 0.364. The monoisotopic (exact) mass is 365 g/mol. The normalized spacial score (nSPS) is 17.0. The summed E-state index contributed by atoms with van der Waals surface area (Å²) in [5, 5.41) is 6.16. The van der Waals surface area contributed by atoms with Crippen molar-refractivity contribution < 1.29 is 9.53 Å². The van der Waals surface area contributed by atoms with Gasteiger partial charge in [-0.1, -0.05) is 36.8 Å². The quantitative estimate of drug-likeness (QED) is 0.623. The average molecular weight is 365 g/mol. The Balaban J connectivity index is 1.74. The molecule has 1 heterocycles. The number of carbonyl (C=O) groups excluding carboxylic acids is 1. The zero-order chi connectivity index (χ0) is 19.1. The van der Waals surface area contributed by atoms with E-state index in [1.54, 1.807) is 0 Å². The van der Waals surface area contributed by atoms with Crippen molar-refractivity contribution in [1.82, 2.24) is 5.32 Å². The molecule has 0 aromatic heterocycles. The third-order valence-corrected chi connectivity index (χ3v) is 4.62. The number of hydrogen-bond acceptors (Lipinski definition) is 3. The summed E-state index contributed by atoms with van der Waals surface area (Å²) in [7, 11) is 0. The first kappa shape index (κ1) is 19.1. The third-order valence-electron chi connectivity index (χ3n) is 4.62. The van der Waals surface area contributed by atoms with Gasteiger partial charge in [0.15, 0.2) is 0 Å². The van der Waals surface area contributed by atoms with Crippen molar-refractivity contribution in [1.29, 1.82) is 0 Å². The van der Waals surface area contributed by atoms with Crippen molar-refractivity contribution in [2.24, 2.45) is 4.99 Å². The van der Waals surface area contributed by atoms with E-state index in [1.807, 2.05) is 43.3 Å². The molecule has 1 fully saturated rings. The number of benzene rings is 2. The Morgan fingerprint density at radius 1 is 1.22 bits per heavy atom. The molecule has 2 N–H and O–H groups in total. The minimum atomic E-state index is -0.180. The van der Waals surface area contributed by atoms with E-state index in [4.69, 9.17) is 4.74 Å².